The minimum atomic E-state index is -0.659. The molecule has 26 heavy (non-hydrogen) atoms. The SMILES string of the molecule is CCCCCCCCC(Br)C(Br)CCCCCCCCCCCC(=O)O. The Morgan fingerprint density at radius 1 is 0.654 bits per heavy atom. The van der Waals surface area contributed by atoms with Gasteiger partial charge in [0.2, 0.25) is 0 Å². The number of rotatable bonds is 20. The van der Waals surface area contributed by atoms with E-state index >= 15 is 0 Å². The van der Waals surface area contributed by atoms with Crippen LogP contribution in [0.2, 0.25) is 0 Å². The Labute approximate surface area is 179 Å². The quantitative estimate of drug-likeness (QED) is 0.135. The van der Waals surface area contributed by atoms with E-state index in [9.17, 15) is 4.79 Å². The Morgan fingerprint density at radius 2 is 1.00 bits per heavy atom. The summed E-state index contributed by atoms with van der Waals surface area (Å²) in [5.41, 5.74) is 0. The van der Waals surface area contributed by atoms with Crippen molar-refractivity contribution in [1.29, 1.82) is 0 Å². The van der Waals surface area contributed by atoms with Gasteiger partial charge in [0.1, 0.15) is 0 Å². The van der Waals surface area contributed by atoms with Gasteiger partial charge in [-0.1, -0.05) is 129 Å². The van der Waals surface area contributed by atoms with Crippen LogP contribution in [0.25, 0.3) is 0 Å². The summed E-state index contributed by atoms with van der Waals surface area (Å²) in [6.07, 6.45) is 22.2. The van der Waals surface area contributed by atoms with Gasteiger partial charge in [-0.3, -0.25) is 4.79 Å². The van der Waals surface area contributed by atoms with Crippen LogP contribution < -0.4 is 0 Å². The third-order valence-electron chi connectivity index (χ3n) is 5.10. The average molecular weight is 498 g/mol. The van der Waals surface area contributed by atoms with Gasteiger partial charge in [0.15, 0.2) is 0 Å². The van der Waals surface area contributed by atoms with Crippen LogP contribution in [0.4, 0.5) is 0 Å². The summed E-state index contributed by atoms with van der Waals surface area (Å²) < 4.78 is 0. The molecule has 0 aliphatic rings. The summed E-state index contributed by atoms with van der Waals surface area (Å²) in [6, 6.07) is 0. The molecule has 4 heteroatoms. The summed E-state index contributed by atoms with van der Waals surface area (Å²) in [6.45, 7) is 2.27. The lowest BCUT2D eigenvalue weighted by atomic mass is 10.0. The van der Waals surface area contributed by atoms with Crippen LogP contribution in [0, 0.1) is 0 Å². The number of hydrogen-bond acceptors (Lipinski definition) is 1. The molecule has 0 bridgehead atoms. The first-order valence-corrected chi connectivity index (χ1v) is 12.9. The van der Waals surface area contributed by atoms with Crippen LogP contribution in [-0.4, -0.2) is 20.7 Å². The minimum absolute atomic E-state index is 0.334. The molecule has 0 aliphatic heterocycles. The number of unbranched alkanes of at least 4 members (excludes halogenated alkanes) is 13. The van der Waals surface area contributed by atoms with Crippen molar-refractivity contribution in [3.05, 3.63) is 0 Å². The van der Waals surface area contributed by atoms with Gasteiger partial charge in [0.25, 0.3) is 0 Å². The fraction of sp³-hybridized carbons (Fsp3) is 0.955. The van der Waals surface area contributed by atoms with Gasteiger partial charge in [0.05, 0.1) is 0 Å². The van der Waals surface area contributed by atoms with E-state index in [0.717, 1.165) is 12.8 Å². The largest absolute Gasteiger partial charge is 0.481 e. The van der Waals surface area contributed by atoms with Crippen molar-refractivity contribution in [1.82, 2.24) is 0 Å². The van der Waals surface area contributed by atoms with Gasteiger partial charge >= 0.3 is 5.97 Å². The van der Waals surface area contributed by atoms with Gasteiger partial charge in [-0.05, 0) is 19.3 Å². The van der Waals surface area contributed by atoms with Crippen LogP contribution in [-0.2, 0) is 4.79 Å². The highest BCUT2D eigenvalue weighted by Gasteiger charge is 2.14. The van der Waals surface area contributed by atoms with Crippen molar-refractivity contribution in [2.75, 3.05) is 0 Å². The third-order valence-corrected chi connectivity index (χ3v) is 8.00. The summed E-state index contributed by atoms with van der Waals surface area (Å²) in [5, 5.41) is 8.59. The van der Waals surface area contributed by atoms with E-state index in [4.69, 9.17) is 5.11 Å². The second-order valence-electron chi connectivity index (χ2n) is 7.70. The fourth-order valence-corrected chi connectivity index (χ4v) is 4.51. The second-order valence-corrected chi connectivity index (χ2v) is 10.1. The zero-order chi connectivity index (χ0) is 19.5. The monoisotopic (exact) mass is 496 g/mol. The molecule has 0 aliphatic carbocycles. The van der Waals surface area contributed by atoms with Crippen LogP contribution >= 0.6 is 31.9 Å². The number of alkyl halides is 2. The molecular formula is C22H42Br2O2. The molecule has 0 saturated carbocycles. The number of hydrogen-bond donors (Lipinski definition) is 1. The molecule has 0 spiro atoms. The molecule has 1 N–H and O–H groups in total. The fourth-order valence-electron chi connectivity index (χ4n) is 3.33. The second kappa shape index (κ2) is 20.2. The molecular weight excluding hydrogens is 456 g/mol. The lowest BCUT2D eigenvalue weighted by Crippen LogP contribution is -2.13. The molecule has 0 aromatic carbocycles. The molecule has 2 atom stereocenters. The molecule has 0 aromatic rings. The van der Waals surface area contributed by atoms with E-state index in [1.165, 1.54) is 96.3 Å². The topological polar surface area (TPSA) is 37.3 Å². The van der Waals surface area contributed by atoms with Crippen molar-refractivity contribution in [2.24, 2.45) is 0 Å². The van der Waals surface area contributed by atoms with Crippen molar-refractivity contribution in [3.8, 4) is 0 Å². The highest BCUT2D eigenvalue weighted by atomic mass is 79.9. The molecule has 0 heterocycles. The number of aliphatic carboxylic acids is 1. The average Bonchev–Trinajstić information content (AvgIpc) is 2.61. The highest BCUT2D eigenvalue weighted by molar-refractivity contribution is 9.12. The Balaban J connectivity index is 3.31. The van der Waals surface area contributed by atoms with Gasteiger partial charge < -0.3 is 5.11 Å². The molecule has 0 saturated heterocycles. The van der Waals surface area contributed by atoms with Crippen LogP contribution in [0.1, 0.15) is 122 Å². The predicted octanol–water partition coefficient (Wildman–Crippen LogP) is 8.64. The van der Waals surface area contributed by atoms with Gasteiger partial charge in [-0.25, -0.2) is 0 Å². The van der Waals surface area contributed by atoms with Crippen molar-refractivity contribution < 1.29 is 9.90 Å². The van der Waals surface area contributed by atoms with E-state index in [1.54, 1.807) is 0 Å². The highest BCUT2D eigenvalue weighted by Crippen LogP contribution is 2.25. The lowest BCUT2D eigenvalue weighted by Gasteiger charge is -2.16. The maximum absolute atomic E-state index is 10.4. The Kier molecular flexibility index (Phi) is 20.5. The maximum atomic E-state index is 10.4. The third kappa shape index (κ3) is 19.2. The summed E-state index contributed by atoms with van der Waals surface area (Å²) in [4.78, 5) is 11.7. The lowest BCUT2D eigenvalue weighted by molar-refractivity contribution is -0.137. The zero-order valence-electron chi connectivity index (χ0n) is 17.0. The van der Waals surface area contributed by atoms with Gasteiger partial charge in [-0.2, -0.15) is 0 Å². The van der Waals surface area contributed by atoms with Crippen LogP contribution in [0.15, 0.2) is 0 Å². The molecule has 0 amide bonds. The first-order chi connectivity index (χ1) is 12.6. The summed E-state index contributed by atoms with van der Waals surface area (Å²) in [7, 11) is 0. The predicted molar refractivity (Wildman–Crippen MR) is 122 cm³/mol. The van der Waals surface area contributed by atoms with E-state index in [-0.39, 0.29) is 0 Å². The molecule has 156 valence electrons. The van der Waals surface area contributed by atoms with Crippen molar-refractivity contribution in [3.63, 3.8) is 0 Å². The summed E-state index contributed by atoms with van der Waals surface area (Å²) >= 11 is 7.75. The number of carboxylic acids is 1. The number of carboxylic acid groups (broad SMARTS) is 1. The van der Waals surface area contributed by atoms with E-state index in [0.29, 0.717) is 16.1 Å². The summed E-state index contributed by atoms with van der Waals surface area (Å²) in [5.74, 6) is -0.659. The molecule has 0 rings (SSSR count). The first-order valence-electron chi connectivity index (χ1n) is 11.1. The maximum Gasteiger partial charge on any atom is 0.303 e. The van der Waals surface area contributed by atoms with Crippen LogP contribution in [0.5, 0.6) is 0 Å². The van der Waals surface area contributed by atoms with Crippen molar-refractivity contribution in [2.45, 2.75) is 132 Å². The normalized spacial score (nSPS) is 13.7. The van der Waals surface area contributed by atoms with Gasteiger partial charge in [0, 0.05) is 16.1 Å². The standard InChI is InChI=1S/C22H42Br2O2/c1-2-3-4-5-11-14-17-20(23)21(24)18-15-12-9-7-6-8-10-13-16-19-22(25)26/h20-21H,2-19H2,1H3,(H,25,26). The van der Waals surface area contributed by atoms with E-state index in [2.05, 4.69) is 38.8 Å². The molecule has 2 nitrogen and oxygen atoms in total. The Hall–Kier alpha value is 0.430. The zero-order valence-corrected chi connectivity index (χ0v) is 20.2. The van der Waals surface area contributed by atoms with E-state index in [1.807, 2.05) is 0 Å². The molecule has 0 radical (unpaired) electrons. The van der Waals surface area contributed by atoms with Crippen LogP contribution in [0.3, 0.4) is 0 Å². The van der Waals surface area contributed by atoms with Gasteiger partial charge in [-0.15, -0.1) is 0 Å². The number of halogens is 2. The minimum Gasteiger partial charge on any atom is -0.481 e. The number of carbonyl (C=O) groups is 1. The smallest absolute Gasteiger partial charge is 0.303 e. The van der Waals surface area contributed by atoms with E-state index < -0.39 is 5.97 Å². The Morgan fingerprint density at radius 3 is 1.38 bits per heavy atom. The Bertz CT molecular complexity index is 311. The molecule has 2 unspecified atom stereocenters. The first kappa shape index (κ1) is 26.4. The molecule has 0 aromatic heterocycles. The van der Waals surface area contributed by atoms with Crippen molar-refractivity contribution >= 4 is 37.8 Å². The molecule has 0 fully saturated rings.